The lowest BCUT2D eigenvalue weighted by Crippen LogP contribution is -2.38. The van der Waals surface area contributed by atoms with Gasteiger partial charge in [-0.3, -0.25) is 9.48 Å². The third-order valence-corrected chi connectivity index (χ3v) is 3.81. The van der Waals surface area contributed by atoms with Crippen molar-refractivity contribution >= 4 is 5.91 Å². The highest BCUT2D eigenvalue weighted by Crippen LogP contribution is 2.20. The summed E-state index contributed by atoms with van der Waals surface area (Å²) in [6.45, 7) is 11.8. The van der Waals surface area contributed by atoms with Gasteiger partial charge in [0, 0.05) is 12.6 Å². The highest BCUT2D eigenvalue weighted by Gasteiger charge is 2.25. The van der Waals surface area contributed by atoms with E-state index in [1.165, 1.54) is 6.26 Å². The quantitative estimate of drug-likeness (QED) is 0.777. The number of aromatic nitrogens is 2. The first-order valence-electron chi connectivity index (χ1n) is 8.51. The van der Waals surface area contributed by atoms with E-state index in [2.05, 4.69) is 11.7 Å². The fourth-order valence-corrected chi connectivity index (χ4v) is 2.46. The van der Waals surface area contributed by atoms with Gasteiger partial charge in [0.25, 0.3) is 5.91 Å². The number of carbonyl (C=O) groups excluding carboxylic acids is 1. The van der Waals surface area contributed by atoms with Crippen molar-refractivity contribution in [2.45, 2.75) is 33.9 Å². The largest absolute Gasteiger partial charge is 0.472 e. The highest BCUT2D eigenvalue weighted by atomic mass is 16.5. The van der Waals surface area contributed by atoms with Crippen molar-refractivity contribution in [3.63, 3.8) is 0 Å². The Morgan fingerprint density at radius 2 is 2.24 bits per heavy atom. The van der Waals surface area contributed by atoms with E-state index < -0.39 is 0 Å². The number of amides is 1. The zero-order chi connectivity index (χ0) is 18.2. The zero-order valence-corrected chi connectivity index (χ0v) is 15.1. The Morgan fingerprint density at radius 3 is 2.88 bits per heavy atom. The standard InChI is InChI=1S/C17H19N3O3.C2H6/c1-3-13(4-2)12-23-16-10-14-11-19(7-8-20(14)18-16)17(21)15-6-5-9-22-15;1-2/h3-6,9-10H,1,7-8,11-12H2,2H3;1-2H3/b13-4+;. The summed E-state index contributed by atoms with van der Waals surface area (Å²) >= 11 is 0. The fourth-order valence-electron chi connectivity index (χ4n) is 2.46. The topological polar surface area (TPSA) is 60.5 Å². The van der Waals surface area contributed by atoms with Crippen LogP contribution in [0.3, 0.4) is 0 Å². The molecular formula is C19H25N3O3. The predicted octanol–water partition coefficient (Wildman–Crippen LogP) is 3.67. The molecular weight excluding hydrogens is 318 g/mol. The lowest BCUT2D eigenvalue weighted by Gasteiger charge is -2.26. The third kappa shape index (κ3) is 4.41. The minimum atomic E-state index is -0.104. The number of allylic oxidation sites excluding steroid dienone is 1. The fraction of sp³-hybridized carbons (Fsp3) is 0.368. The summed E-state index contributed by atoms with van der Waals surface area (Å²) in [6.07, 6.45) is 5.22. The van der Waals surface area contributed by atoms with Crippen LogP contribution in [-0.4, -0.2) is 33.7 Å². The Morgan fingerprint density at radius 1 is 1.44 bits per heavy atom. The van der Waals surface area contributed by atoms with Crippen LogP contribution in [0.4, 0.5) is 0 Å². The van der Waals surface area contributed by atoms with Crippen molar-refractivity contribution < 1.29 is 13.9 Å². The summed E-state index contributed by atoms with van der Waals surface area (Å²) in [4.78, 5) is 14.1. The van der Waals surface area contributed by atoms with Crippen LogP contribution in [0.2, 0.25) is 0 Å². The molecule has 0 aliphatic carbocycles. The first kappa shape index (κ1) is 18.6. The zero-order valence-electron chi connectivity index (χ0n) is 15.1. The number of carbonyl (C=O) groups is 1. The van der Waals surface area contributed by atoms with E-state index in [-0.39, 0.29) is 5.91 Å². The van der Waals surface area contributed by atoms with Crippen LogP contribution in [-0.2, 0) is 13.1 Å². The SMILES string of the molecule is C=C/C(=C\C)COc1cc2n(n1)CCN(C(=O)c1ccco1)C2.CC. The van der Waals surface area contributed by atoms with Crippen LogP contribution in [0.5, 0.6) is 5.88 Å². The second kappa shape index (κ2) is 8.92. The number of ether oxygens (including phenoxy) is 1. The number of hydrogen-bond donors (Lipinski definition) is 0. The summed E-state index contributed by atoms with van der Waals surface area (Å²) in [5.74, 6) is 0.819. The lowest BCUT2D eigenvalue weighted by atomic mass is 10.2. The Balaban J connectivity index is 0.00000109. The number of fused-ring (bicyclic) bond motifs is 1. The maximum absolute atomic E-state index is 12.3. The number of nitrogens with zero attached hydrogens (tertiary/aromatic N) is 3. The molecule has 0 atom stereocenters. The Hall–Kier alpha value is -2.76. The van der Waals surface area contributed by atoms with Gasteiger partial charge in [-0.25, -0.2) is 0 Å². The number of hydrogen-bond acceptors (Lipinski definition) is 4. The molecule has 0 saturated heterocycles. The molecule has 25 heavy (non-hydrogen) atoms. The molecule has 6 heteroatoms. The Labute approximate surface area is 148 Å². The number of furan rings is 1. The lowest BCUT2D eigenvalue weighted by molar-refractivity contribution is 0.0673. The minimum absolute atomic E-state index is 0.104. The summed E-state index contributed by atoms with van der Waals surface area (Å²) in [7, 11) is 0. The van der Waals surface area contributed by atoms with Crippen molar-refractivity contribution in [1.29, 1.82) is 0 Å². The molecule has 0 saturated carbocycles. The van der Waals surface area contributed by atoms with Crippen LogP contribution < -0.4 is 4.74 Å². The molecule has 0 radical (unpaired) electrons. The van der Waals surface area contributed by atoms with E-state index in [0.717, 1.165) is 11.3 Å². The van der Waals surface area contributed by atoms with E-state index in [4.69, 9.17) is 9.15 Å². The van der Waals surface area contributed by atoms with Crippen molar-refractivity contribution in [3.05, 3.63) is 60.2 Å². The van der Waals surface area contributed by atoms with Gasteiger partial charge < -0.3 is 14.1 Å². The predicted molar refractivity (Wildman–Crippen MR) is 96.5 cm³/mol. The first-order valence-corrected chi connectivity index (χ1v) is 8.51. The average Bonchev–Trinajstić information content (AvgIpc) is 3.32. The molecule has 134 valence electrons. The van der Waals surface area contributed by atoms with E-state index >= 15 is 0 Å². The van der Waals surface area contributed by atoms with Crippen molar-refractivity contribution in [2.75, 3.05) is 13.2 Å². The van der Waals surface area contributed by atoms with Gasteiger partial charge in [-0.2, -0.15) is 0 Å². The molecule has 0 aromatic carbocycles. The van der Waals surface area contributed by atoms with E-state index in [0.29, 0.717) is 37.9 Å². The molecule has 1 amide bonds. The van der Waals surface area contributed by atoms with E-state index in [1.807, 2.05) is 37.6 Å². The second-order valence-electron chi connectivity index (χ2n) is 5.26. The summed E-state index contributed by atoms with van der Waals surface area (Å²) in [5, 5.41) is 4.42. The van der Waals surface area contributed by atoms with E-state index in [1.54, 1.807) is 23.1 Å². The van der Waals surface area contributed by atoms with Crippen LogP contribution in [0.25, 0.3) is 0 Å². The van der Waals surface area contributed by atoms with Crippen molar-refractivity contribution in [2.24, 2.45) is 0 Å². The first-order chi connectivity index (χ1) is 12.2. The van der Waals surface area contributed by atoms with Crippen LogP contribution in [0.15, 0.2) is 53.2 Å². The molecule has 3 heterocycles. The summed E-state index contributed by atoms with van der Waals surface area (Å²) in [5.41, 5.74) is 1.96. The second-order valence-corrected chi connectivity index (χ2v) is 5.26. The van der Waals surface area contributed by atoms with Gasteiger partial charge in [-0.05, 0) is 24.6 Å². The summed E-state index contributed by atoms with van der Waals surface area (Å²) in [6, 6.07) is 5.26. The van der Waals surface area contributed by atoms with Crippen LogP contribution >= 0.6 is 0 Å². The molecule has 6 nitrogen and oxygen atoms in total. The van der Waals surface area contributed by atoms with Gasteiger partial charge in [0.15, 0.2) is 5.76 Å². The molecule has 0 N–H and O–H groups in total. The van der Waals surface area contributed by atoms with E-state index in [9.17, 15) is 4.79 Å². The monoisotopic (exact) mass is 343 g/mol. The molecule has 0 bridgehead atoms. The van der Waals surface area contributed by atoms with Crippen molar-refractivity contribution in [3.8, 4) is 5.88 Å². The molecule has 1 aliphatic heterocycles. The molecule has 0 spiro atoms. The third-order valence-electron chi connectivity index (χ3n) is 3.81. The molecule has 2 aromatic rings. The molecule has 0 fully saturated rings. The highest BCUT2D eigenvalue weighted by molar-refractivity contribution is 5.91. The van der Waals surface area contributed by atoms with Gasteiger partial charge in [-0.1, -0.05) is 32.6 Å². The van der Waals surface area contributed by atoms with Gasteiger partial charge in [0.2, 0.25) is 5.88 Å². The smallest absolute Gasteiger partial charge is 0.289 e. The van der Waals surface area contributed by atoms with Gasteiger partial charge in [0.05, 0.1) is 25.0 Å². The normalized spacial score (nSPS) is 13.6. The maximum atomic E-state index is 12.3. The molecule has 1 aliphatic rings. The van der Waals surface area contributed by atoms with Gasteiger partial charge in [0.1, 0.15) is 6.61 Å². The molecule has 3 rings (SSSR count). The minimum Gasteiger partial charge on any atom is -0.472 e. The van der Waals surface area contributed by atoms with Crippen LogP contribution in [0.1, 0.15) is 37.0 Å². The molecule has 0 unspecified atom stereocenters. The maximum Gasteiger partial charge on any atom is 0.289 e. The number of rotatable bonds is 5. The van der Waals surface area contributed by atoms with Gasteiger partial charge in [-0.15, -0.1) is 5.10 Å². The summed E-state index contributed by atoms with van der Waals surface area (Å²) < 4.78 is 12.7. The van der Waals surface area contributed by atoms with Crippen LogP contribution in [0, 0.1) is 0 Å². The Kier molecular flexibility index (Phi) is 6.62. The van der Waals surface area contributed by atoms with Gasteiger partial charge >= 0.3 is 0 Å². The molecule has 2 aromatic heterocycles. The Bertz CT molecular complexity index is 729. The average molecular weight is 343 g/mol. The van der Waals surface area contributed by atoms with Crippen molar-refractivity contribution in [1.82, 2.24) is 14.7 Å².